The quantitative estimate of drug-likeness (QED) is 0.767. The largest absolute Gasteiger partial charge is 0.384 e. The lowest BCUT2D eigenvalue weighted by Gasteiger charge is -2.19. The van der Waals surface area contributed by atoms with Crippen LogP contribution >= 0.6 is 0 Å². The molecule has 0 amide bonds. The molecule has 0 fully saturated rings. The normalized spacial score (nSPS) is 20.9. The Morgan fingerprint density at radius 3 is 3.04 bits per heavy atom. The van der Waals surface area contributed by atoms with Crippen LogP contribution in [0.3, 0.4) is 0 Å². The Kier molecular flexibility index (Phi) is 4.68. The second-order valence-electron chi connectivity index (χ2n) is 6.26. The molecule has 2 aromatic rings. The summed E-state index contributed by atoms with van der Waals surface area (Å²) in [5.74, 6) is 0.674. The maximum absolute atomic E-state index is 13.8. The first kappa shape index (κ1) is 17.3. The maximum atomic E-state index is 13.8. The first-order valence-electron chi connectivity index (χ1n) is 8.75. The highest BCUT2D eigenvalue weighted by Crippen LogP contribution is 2.17. The molecule has 2 aliphatic heterocycles. The fraction of sp³-hybridized carbons (Fsp3) is 0.333. The maximum Gasteiger partial charge on any atom is 0.228 e. The van der Waals surface area contributed by atoms with Gasteiger partial charge < -0.3 is 20.4 Å². The number of allylic oxidation sites excluding steroid dienone is 1. The van der Waals surface area contributed by atoms with E-state index in [9.17, 15) is 4.39 Å². The van der Waals surface area contributed by atoms with Gasteiger partial charge in [-0.3, -0.25) is 9.98 Å². The van der Waals surface area contributed by atoms with Gasteiger partial charge >= 0.3 is 0 Å². The summed E-state index contributed by atoms with van der Waals surface area (Å²) in [6.45, 7) is 3.61. The summed E-state index contributed by atoms with van der Waals surface area (Å²) in [6, 6.07) is 1.40. The van der Waals surface area contributed by atoms with E-state index in [1.54, 1.807) is 12.4 Å². The first-order chi connectivity index (χ1) is 13.2. The Hall–Kier alpha value is -3.07. The highest BCUT2D eigenvalue weighted by atomic mass is 19.1. The van der Waals surface area contributed by atoms with Gasteiger partial charge in [0.25, 0.3) is 0 Å². The highest BCUT2D eigenvalue weighted by molar-refractivity contribution is 5.71. The molecular formula is C18H20FN7O. The molecule has 3 N–H and O–H groups in total. The number of aliphatic imine (C=N–C) groups is 1. The van der Waals surface area contributed by atoms with Crippen molar-refractivity contribution in [1.82, 2.24) is 19.9 Å². The van der Waals surface area contributed by atoms with Crippen molar-refractivity contribution in [3.8, 4) is 11.4 Å². The van der Waals surface area contributed by atoms with Crippen LogP contribution in [0.25, 0.3) is 17.2 Å². The van der Waals surface area contributed by atoms with Crippen LogP contribution < -0.4 is 21.9 Å². The fourth-order valence-corrected chi connectivity index (χ4v) is 3.14. The summed E-state index contributed by atoms with van der Waals surface area (Å²) in [5.41, 5.74) is 7.32. The molecule has 0 saturated heterocycles. The van der Waals surface area contributed by atoms with E-state index in [-0.39, 0.29) is 5.92 Å². The van der Waals surface area contributed by atoms with Gasteiger partial charge in [-0.1, -0.05) is 6.08 Å². The minimum absolute atomic E-state index is 0.172. The van der Waals surface area contributed by atoms with Gasteiger partial charge in [0.05, 0.1) is 6.20 Å². The lowest BCUT2D eigenvalue weighted by Crippen LogP contribution is -2.49. The third-order valence-corrected chi connectivity index (χ3v) is 4.33. The Balaban J connectivity index is 1.88. The highest BCUT2D eigenvalue weighted by Gasteiger charge is 2.22. The number of rotatable bonds is 5. The molecule has 140 valence electrons. The van der Waals surface area contributed by atoms with Gasteiger partial charge in [-0.2, -0.15) is 0 Å². The molecule has 0 saturated carbocycles. The number of hydrogen-bond acceptors (Lipinski definition) is 7. The number of aromatic nitrogens is 3. The fourth-order valence-electron chi connectivity index (χ4n) is 3.14. The molecule has 4 heterocycles. The number of hydrogen-bond donors (Lipinski definition) is 2. The number of nitrogens with two attached hydrogens (primary N) is 1. The number of nitrogens with one attached hydrogen (secondary N) is 1. The van der Waals surface area contributed by atoms with Crippen molar-refractivity contribution in [2.75, 3.05) is 13.2 Å². The van der Waals surface area contributed by atoms with Crippen LogP contribution in [0, 0.1) is 11.7 Å². The van der Waals surface area contributed by atoms with Crippen LogP contribution in [0.2, 0.25) is 0 Å². The predicted octanol–water partition coefficient (Wildman–Crippen LogP) is -0.0917. The van der Waals surface area contributed by atoms with Gasteiger partial charge in [0, 0.05) is 43.6 Å². The van der Waals surface area contributed by atoms with Gasteiger partial charge in [-0.05, 0) is 19.1 Å². The Morgan fingerprint density at radius 2 is 2.30 bits per heavy atom. The van der Waals surface area contributed by atoms with E-state index in [0.717, 1.165) is 6.20 Å². The summed E-state index contributed by atoms with van der Waals surface area (Å²) in [7, 11) is 0. The topological polar surface area (TPSA) is 103 Å². The molecule has 0 aromatic carbocycles. The molecule has 0 bridgehead atoms. The molecule has 2 atom stereocenters. The van der Waals surface area contributed by atoms with E-state index in [0.29, 0.717) is 47.7 Å². The molecule has 2 aromatic heterocycles. The van der Waals surface area contributed by atoms with E-state index in [4.69, 9.17) is 10.5 Å². The predicted molar refractivity (Wildman–Crippen MR) is 98.3 cm³/mol. The van der Waals surface area contributed by atoms with E-state index in [1.165, 1.54) is 6.07 Å². The molecule has 0 aliphatic carbocycles. The molecule has 2 aliphatic rings. The van der Waals surface area contributed by atoms with Gasteiger partial charge in [0.15, 0.2) is 5.49 Å². The molecule has 0 spiro atoms. The first-order valence-corrected chi connectivity index (χ1v) is 8.75. The second kappa shape index (κ2) is 7.28. The minimum Gasteiger partial charge on any atom is -0.384 e. The van der Waals surface area contributed by atoms with E-state index >= 15 is 0 Å². The number of ether oxygens (including phenoxy) is 1. The van der Waals surface area contributed by atoms with Crippen molar-refractivity contribution < 1.29 is 9.13 Å². The Morgan fingerprint density at radius 1 is 1.41 bits per heavy atom. The molecule has 8 nitrogen and oxygen atoms in total. The second-order valence-corrected chi connectivity index (χ2v) is 6.26. The average molecular weight is 369 g/mol. The van der Waals surface area contributed by atoms with Crippen molar-refractivity contribution >= 4 is 12.0 Å². The number of halogens is 1. The molecule has 2 unspecified atom stereocenters. The number of pyridine rings is 1. The molecule has 0 radical (unpaired) electrons. The van der Waals surface area contributed by atoms with Crippen LogP contribution in [0.1, 0.15) is 6.92 Å². The van der Waals surface area contributed by atoms with Crippen LogP contribution in [0.5, 0.6) is 0 Å². The van der Waals surface area contributed by atoms with Gasteiger partial charge in [0.1, 0.15) is 22.8 Å². The number of dihydropyridines is 1. The lowest BCUT2D eigenvalue weighted by atomic mass is 10.1. The van der Waals surface area contributed by atoms with Gasteiger partial charge in [-0.15, -0.1) is 0 Å². The monoisotopic (exact) mass is 369 g/mol. The van der Waals surface area contributed by atoms with Crippen LogP contribution in [-0.4, -0.2) is 40.3 Å². The zero-order valence-corrected chi connectivity index (χ0v) is 14.8. The SMILES string of the molecule is CCOC1N=c2c(nc(-c3cncc(F)c3)n2CC2C=CC=NC2)=C(N)N1. The van der Waals surface area contributed by atoms with Crippen molar-refractivity contribution in [1.29, 1.82) is 0 Å². The summed E-state index contributed by atoms with van der Waals surface area (Å²) >= 11 is 0. The van der Waals surface area contributed by atoms with Gasteiger partial charge in [-0.25, -0.2) is 14.4 Å². The van der Waals surface area contributed by atoms with Crippen LogP contribution in [0.4, 0.5) is 4.39 Å². The standard InChI is InChI=1S/C18H20FN7O/c1-2-27-18-24-15(20)14-17(25-18)26(10-11-4-3-5-21-7-11)16(23-14)12-6-13(19)9-22-8-12/h3-6,8-9,11,18,24H,2,7,10,20H2,1H3. The third-order valence-electron chi connectivity index (χ3n) is 4.33. The minimum atomic E-state index is -0.587. The summed E-state index contributed by atoms with van der Waals surface area (Å²) in [4.78, 5) is 17.5. The zero-order chi connectivity index (χ0) is 18.8. The smallest absolute Gasteiger partial charge is 0.228 e. The van der Waals surface area contributed by atoms with Crippen molar-refractivity contribution in [2.24, 2.45) is 21.6 Å². The Labute approximate surface area is 155 Å². The van der Waals surface area contributed by atoms with Crippen molar-refractivity contribution in [3.63, 3.8) is 0 Å². The number of nitrogens with zero attached hydrogens (tertiary/aromatic N) is 5. The van der Waals surface area contributed by atoms with Crippen LogP contribution in [0.15, 0.2) is 40.6 Å². The lowest BCUT2D eigenvalue weighted by molar-refractivity contribution is 0.0512. The molecule has 27 heavy (non-hydrogen) atoms. The van der Waals surface area contributed by atoms with Gasteiger partial charge in [0.2, 0.25) is 6.35 Å². The summed E-state index contributed by atoms with van der Waals surface area (Å²) < 4.78 is 21.2. The summed E-state index contributed by atoms with van der Waals surface area (Å²) in [6.07, 6.45) is 7.93. The van der Waals surface area contributed by atoms with E-state index in [1.807, 2.05) is 17.6 Å². The molecule has 9 heteroatoms. The average Bonchev–Trinajstić information content (AvgIpc) is 3.02. The van der Waals surface area contributed by atoms with E-state index < -0.39 is 12.2 Å². The van der Waals surface area contributed by atoms with Crippen LogP contribution in [-0.2, 0) is 11.3 Å². The number of imidazole rings is 1. The third kappa shape index (κ3) is 3.45. The number of fused-ring (bicyclic) bond motifs is 1. The Bertz CT molecular complexity index is 1030. The van der Waals surface area contributed by atoms with Crippen molar-refractivity contribution in [3.05, 3.63) is 47.3 Å². The zero-order valence-electron chi connectivity index (χ0n) is 14.8. The molecule has 4 rings (SSSR count). The van der Waals surface area contributed by atoms with E-state index in [2.05, 4.69) is 31.3 Å². The van der Waals surface area contributed by atoms with Crippen molar-refractivity contribution in [2.45, 2.75) is 19.8 Å². The molecular weight excluding hydrogens is 349 g/mol. The summed E-state index contributed by atoms with van der Waals surface area (Å²) in [5, 5.41) is 3.50.